The molecule has 0 unspecified atom stereocenters. The molecule has 0 aromatic heterocycles. The van der Waals surface area contributed by atoms with Gasteiger partial charge < -0.3 is 11.5 Å². The van der Waals surface area contributed by atoms with Crippen molar-refractivity contribution in [3.63, 3.8) is 0 Å². The number of nitrogens with two attached hydrogens (primary N) is 2. The molecular formula is C5H14N2S. The second-order valence-corrected chi connectivity index (χ2v) is 2.70. The van der Waals surface area contributed by atoms with Crippen LogP contribution in [0, 0.1) is 0 Å². The van der Waals surface area contributed by atoms with Crippen LogP contribution in [0.4, 0.5) is 0 Å². The van der Waals surface area contributed by atoms with Crippen LogP contribution in [0.15, 0.2) is 0 Å². The Morgan fingerprint density at radius 2 is 2.25 bits per heavy atom. The number of hydrogen-bond donors (Lipinski definition) is 2. The lowest BCUT2D eigenvalue weighted by atomic mass is 10.2. The standard InChI is InChI=1S/C5H14N2S/c1-8-4-5(7)2-3-6/h5H,2-4,6-7H2,1H3/t5-/m1/s1. The summed E-state index contributed by atoms with van der Waals surface area (Å²) in [5, 5.41) is 0. The molecule has 0 heterocycles. The molecule has 0 radical (unpaired) electrons. The molecule has 0 aliphatic carbocycles. The Labute approximate surface area is 55.0 Å². The zero-order chi connectivity index (χ0) is 6.41. The SMILES string of the molecule is CSC[C@H](N)CCN. The highest BCUT2D eigenvalue weighted by atomic mass is 32.2. The monoisotopic (exact) mass is 134 g/mol. The second-order valence-electron chi connectivity index (χ2n) is 1.79. The molecule has 4 N–H and O–H groups in total. The summed E-state index contributed by atoms with van der Waals surface area (Å²) in [6.07, 6.45) is 3.00. The first kappa shape index (κ1) is 8.27. The summed E-state index contributed by atoms with van der Waals surface area (Å²) in [6, 6.07) is 0.301. The minimum atomic E-state index is 0.301. The van der Waals surface area contributed by atoms with Crippen molar-refractivity contribution in [2.45, 2.75) is 12.5 Å². The van der Waals surface area contributed by atoms with E-state index in [1.54, 1.807) is 11.8 Å². The molecule has 8 heavy (non-hydrogen) atoms. The minimum Gasteiger partial charge on any atom is -0.330 e. The predicted molar refractivity (Wildman–Crippen MR) is 40.0 cm³/mol. The summed E-state index contributed by atoms with van der Waals surface area (Å²) in [6.45, 7) is 0.710. The first-order valence-corrected chi connectivity index (χ1v) is 4.15. The van der Waals surface area contributed by atoms with Crippen LogP contribution in [0.1, 0.15) is 6.42 Å². The normalized spacial score (nSPS) is 13.9. The summed E-state index contributed by atoms with van der Waals surface area (Å²) in [5.41, 5.74) is 10.9. The van der Waals surface area contributed by atoms with Gasteiger partial charge in [0.1, 0.15) is 0 Å². The maximum Gasteiger partial charge on any atom is 0.0142 e. The summed E-state index contributed by atoms with van der Waals surface area (Å²) in [5.74, 6) is 1.02. The lowest BCUT2D eigenvalue weighted by Crippen LogP contribution is -2.25. The van der Waals surface area contributed by atoms with Crippen molar-refractivity contribution >= 4 is 11.8 Å². The van der Waals surface area contributed by atoms with Crippen molar-refractivity contribution in [2.24, 2.45) is 11.5 Å². The van der Waals surface area contributed by atoms with Crippen LogP contribution in [-0.4, -0.2) is 24.6 Å². The van der Waals surface area contributed by atoms with Crippen molar-refractivity contribution < 1.29 is 0 Å². The fourth-order valence-electron chi connectivity index (χ4n) is 0.511. The lowest BCUT2D eigenvalue weighted by Gasteiger charge is -2.05. The molecule has 0 rings (SSSR count). The van der Waals surface area contributed by atoms with Crippen molar-refractivity contribution in [2.75, 3.05) is 18.6 Å². The number of thioether (sulfide) groups is 1. The Balaban J connectivity index is 2.92. The zero-order valence-corrected chi connectivity index (χ0v) is 6.08. The third kappa shape index (κ3) is 4.43. The van der Waals surface area contributed by atoms with E-state index in [0.29, 0.717) is 12.6 Å². The average Bonchev–Trinajstić information content (AvgIpc) is 1.68. The van der Waals surface area contributed by atoms with Crippen LogP contribution < -0.4 is 11.5 Å². The third-order valence-corrected chi connectivity index (χ3v) is 1.68. The highest BCUT2D eigenvalue weighted by Gasteiger charge is 1.96. The topological polar surface area (TPSA) is 52.0 Å². The molecule has 0 bridgehead atoms. The highest BCUT2D eigenvalue weighted by Crippen LogP contribution is 1.96. The Hall–Kier alpha value is 0.270. The van der Waals surface area contributed by atoms with Crippen molar-refractivity contribution in [3.05, 3.63) is 0 Å². The fraction of sp³-hybridized carbons (Fsp3) is 1.00. The molecule has 0 aliphatic rings. The Morgan fingerprint density at radius 3 is 2.62 bits per heavy atom. The molecule has 0 aromatic carbocycles. The van der Waals surface area contributed by atoms with Crippen LogP contribution in [0.2, 0.25) is 0 Å². The maximum atomic E-state index is 5.59. The molecule has 3 heteroatoms. The van der Waals surface area contributed by atoms with Gasteiger partial charge in [0.15, 0.2) is 0 Å². The molecule has 0 amide bonds. The van der Waals surface area contributed by atoms with Gasteiger partial charge in [0.2, 0.25) is 0 Å². The average molecular weight is 134 g/mol. The molecule has 0 saturated heterocycles. The second kappa shape index (κ2) is 5.41. The van der Waals surface area contributed by atoms with Crippen LogP contribution in [-0.2, 0) is 0 Å². The van der Waals surface area contributed by atoms with E-state index in [-0.39, 0.29) is 0 Å². The molecule has 0 fully saturated rings. The first-order chi connectivity index (χ1) is 3.81. The van der Waals surface area contributed by atoms with E-state index in [2.05, 4.69) is 6.26 Å². The van der Waals surface area contributed by atoms with Crippen LogP contribution in [0.5, 0.6) is 0 Å². The van der Waals surface area contributed by atoms with Gasteiger partial charge >= 0.3 is 0 Å². The van der Waals surface area contributed by atoms with Crippen molar-refractivity contribution in [3.8, 4) is 0 Å². The van der Waals surface area contributed by atoms with Gasteiger partial charge in [-0.05, 0) is 19.2 Å². The molecule has 2 nitrogen and oxygen atoms in total. The molecule has 0 spiro atoms. The van der Waals surface area contributed by atoms with Gasteiger partial charge in [-0.1, -0.05) is 0 Å². The summed E-state index contributed by atoms with van der Waals surface area (Å²) < 4.78 is 0. The van der Waals surface area contributed by atoms with Gasteiger partial charge in [-0.15, -0.1) is 0 Å². The molecule has 1 atom stereocenters. The van der Waals surface area contributed by atoms with Crippen LogP contribution >= 0.6 is 11.8 Å². The van der Waals surface area contributed by atoms with E-state index in [0.717, 1.165) is 12.2 Å². The molecule has 0 aliphatic heterocycles. The fourth-order valence-corrected chi connectivity index (χ4v) is 1.11. The smallest absolute Gasteiger partial charge is 0.0142 e. The van der Waals surface area contributed by atoms with E-state index in [9.17, 15) is 0 Å². The minimum absolute atomic E-state index is 0.301. The zero-order valence-electron chi connectivity index (χ0n) is 5.26. The van der Waals surface area contributed by atoms with E-state index >= 15 is 0 Å². The van der Waals surface area contributed by atoms with Crippen molar-refractivity contribution in [1.82, 2.24) is 0 Å². The quantitative estimate of drug-likeness (QED) is 0.570. The number of rotatable bonds is 4. The summed E-state index contributed by atoms with van der Waals surface area (Å²) in [7, 11) is 0. The predicted octanol–water partition coefficient (Wildman–Crippen LogP) is 0.0255. The van der Waals surface area contributed by atoms with Crippen molar-refractivity contribution in [1.29, 1.82) is 0 Å². The number of hydrogen-bond acceptors (Lipinski definition) is 3. The summed E-state index contributed by atoms with van der Waals surface area (Å²) in [4.78, 5) is 0. The van der Waals surface area contributed by atoms with E-state index in [4.69, 9.17) is 11.5 Å². The molecular weight excluding hydrogens is 120 g/mol. The maximum absolute atomic E-state index is 5.59. The Kier molecular flexibility index (Phi) is 5.59. The highest BCUT2D eigenvalue weighted by molar-refractivity contribution is 7.98. The largest absolute Gasteiger partial charge is 0.330 e. The van der Waals surface area contributed by atoms with Crippen LogP contribution in [0.3, 0.4) is 0 Å². The van der Waals surface area contributed by atoms with Gasteiger partial charge in [-0.2, -0.15) is 11.8 Å². The first-order valence-electron chi connectivity index (χ1n) is 2.76. The third-order valence-electron chi connectivity index (χ3n) is 0.918. The van der Waals surface area contributed by atoms with E-state index in [1.807, 2.05) is 0 Å². The van der Waals surface area contributed by atoms with E-state index in [1.165, 1.54) is 0 Å². The Morgan fingerprint density at radius 1 is 1.62 bits per heavy atom. The van der Waals surface area contributed by atoms with Gasteiger partial charge in [0.05, 0.1) is 0 Å². The van der Waals surface area contributed by atoms with Gasteiger partial charge in [0.25, 0.3) is 0 Å². The summed E-state index contributed by atoms with van der Waals surface area (Å²) >= 11 is 1.77. The van der Waals surface area contributed by atoms with Crippen LogP contribution in [0.25, 0.3) is 0 Å². The Bertz CT molecular complexity index is 43.7. The van der Waals surface area contributed by atoms with Gasteiger partial charge in [-0.3, -0.25) is 0 Å². The molecule has 0 saturated carbocycles. The van der Waals surface area contributed by atoms with E-state index < -0.39 is 0 Å². The molecule has 0 aromatic rings. The van der Waals surface area contributed by atoms with Gasteiger partial charge in [-0.25, -0.2) is 0 Å². The van der Waals surface area contributed by atoms with Gasteiger partial charge in [0, 0.05) is 11.8 Å². The lowest BCUT2D eigenvalue weighted by molar-refractivity contribution is 0.685. The molecule has 50 valence electrons.